The molecule has 0 spiro atoms. The Morgan fingerprint density at radius 2 is 1.12 bits per heavy atom. The van der Waals surface area contributed by atoms with Gasteiger partial charge in [-0.25, -0.2) is 9.97 Å². The fraction of sp³-hybridized carbons (Fsp3) is 0. The summed E-state index contributed by atoms with van der Waals surface area (Å²) in [5, 5.41) is 6.24. The lowest BCUT2D eigenvalue weighted by Gasteiger charge is -2.12. The van der Waals surface area contributed by atoms with Crippen molar-refractivity contribution in [3.8, 4) is 40.2 Å². The predicted octanol–water partition coefficient (Wildman–Crippen LogP) is 11.2. The third kappa shape index (κ3) is 4.18. The molecule has 11 aromatic rings. The number of hydrogen-bond donors (Lipinski definition) is 0. The first kappa shape index (κ1) is 27.8. The van der Waals surface area contributed by atoms with Gasteiger partial charge in [0.15, 0.2) is 17.2 Å². The lowest BCUT2D eigenvalue weighted by molar-refractivity contribution is 0.621. The summed E-state index contributed by atoms with van der Waals surface area (Å²) in [7, 11) is 0. The van der Waals surface area contributed by atoms with Crippen LogP contribution in [0.2, 0.25) is 0 Å². The maximum atomic E-state index is 6.68. The fourth-order valence-electron chi connectivity index (χ4n) is 7.41. The standard InChI is InChI=1S/C44H25N5O2/c1-3-13-27(14-4-1)41-46-42(33-19-11-21-36-37(33)32-18-9-10-20-35(32)50-36)48-44(47-41)49-38-29-17-8-7-12-26(29)22-23-30(38)31-24-25-34-40(39(31)49)51-43(45-34)28-15-5-2-6-16-28/h1-25H. The smallest absolute Gasteiger partial charge is 0.238 e. The number of aromatic nitrogens is 5. The minimum atomic E-state index is 0.477. The Bertz CT molecular complexity index is 3140. The van der Waals surface area contributed by atoms with Crippen LogP contribution in [0.25, 0.3) is 106 Å². The Morgan fingerprint density at radius 1 is 0.431 bits per heavy atom. The summed E-state index contributed by atoms with van der Waals surface area (Å²) in [4.78, 5) is 20.6. The molecule has 0 saturated heterocycles. The van der Waals surface area contributed by atoms with Crippen LogP contribution in [0.5, 0.6) is 0 Å². The number of furan rings is 1. The van der Waals surface area contributed by atoms with Crippen LogP contribution in [0.15, 0.2) is 160 Å². The van der Waals surface area contributed by atoms with Crippen LogP contribution < -0.4 is 0 Å². The van der Waals surface area contributed by atoms with Gasteiger partial charge in [0.25, 0.3) is 0 Å². The van der Waals surface area contributed by atoms with Crippen LogP contribution in [0.1, 0.15) is 0 Å². The van der Waals surface area contributed by atoms with E-state index < -0.39 is 0 Å². The number of hydrogen-bond acceptors (Lipinski definition) is 6. The van der Waals surface area contributed by atoms with Crippen LogP contribution in [0.4, 0.5) is 0 Å². The summed E-state index contributed by atoms with van der Waals surface area (Å²) < 4.78 is 15.1. The molecule has 0 radical (unpaired) electrons. The third-order valence-electron chi connectivity index (χ3n) is 9.69. The van der Waals surface area contributed by atoms with E-state index in [1.807, 2.05) is 97.1 Å². The molecule has 7 nitrogen and oxygen atoms in total. The summed E-state index contributed by atoms with van der Waals surface area (Å²) in [6, 6.07) is 51.1. The largest absolute Gasteiger partial charge is 0.456 e. The Morgan fingerprint density at radius 3 is 1.98 bits per heavy atom. The molecule has 7 aromatic carbocycles. The van der Waals surface area contributed by atoms with Crippen molar-refractivity contribution in [2.75, 3.05) is 0 Å². The second-order valence-corrected chi connectivity index (χ2v) is 12.6. The number of para-hydroxylation sites is 1. The Labute approximate surface area is 290 Å². The van der Waals surface area contributed by atoms with Gasteiger partial charge < -0.3 is 8.83 Å². The maximum Gasteiger partial charge on any atom is 0.238 e. The highest BCUT2D eigenvalue weighted by Gasteiger charge is 2.24. The van der Waals surface area contributed by atoms with Crippen LogP contribution >= 0.6 is 0 Å². The van der Waals surface area contributed by atoms with Crippen molar-refractivity contribution in [1.82, 2.24) is 24.5 Å². The number of benzene rings is 7. The highest BCUT2D eigenvalue weighted by atomic mass is 16.3. The van der Waals surface area contributed by atoms with Gasteiger partial charge in [-0.3, -0.25) is 4.57 Å². The number of rotatable bonds is 4. The molecule has 0 amide bonds. The summed E-state index contributed by atoms with van der Waals surface area (Å²) >= 11 is 0. The Hall–Kier alpha value is -7.12. The van der Waals surface area contributed by atoms with E-state index in [1.54, 1.807) is 0 Å². The molecule has 4 heterocycles. The SMILES string of the molecule is c1ccc(-c2nc(-c3cccc4oc5ccccc5c34)nc(-n3c4c5ccccc5ccc4c4ccc5nc(-c6ccccc6)oc5c43)n2)cc1. The fourth-order valence-corrected chi connectivity index (χ4v) is 7.41. The summed E-state index contributed by atoms with van der Waals surface area (Å²) in [5.74, 6) is 2.14. The van der Waals surface area contributed by atoms with Crippen molar-refractivity contribution in [2.45, 2.75) is 0 Å². The zero-order chi connectivity index (χ0) is 33.5. The molecular formula is C44H25N5O2. The first-order chi connectivity index (χ1) is 25.3. The second kappa shape index (κ2) is 10.7. The average molecular weight is 656 g/mol. The molecule has 0 atom stereocenters. The molecule has 0 unspecified atom stereocenters. The molecule has 0 aliphatic carbocycles. The van der Waals surface area contributed by atoms with Gasteiger partial charge in [-0.05, 0) is 41.8 Å². The monoisotopic (exact) mass is 655 g/mol. The molecule has 0 bridgehead atoms. The predicted molar refractivity (Wildman–Crippen MR) is 203 cm³/mol. The van der Waals surface area contributed by atoms with Crippen molar-refractivity contribution < 1.29 is 8.83 Å². The quantitative estimate of drug-likeness (QED) is 0.188. The van der Waals surface area contributed by atoms with E-state index in [-0.39, 0.29) is 0 Å². The summed E-state index contributed by atoms with van der Waals surface area (Å²) in [6.07, 6.45) is 0. The Balaban J connectivity index is 1.30. The van der Waals surface area contributed by atoms with Crippen LogP contribution in [0, 0.1) is 0 Å². The highest BCUT2D eigenvalue weighted by Crippen LogP contribution is 2.41. The molecule has 4 aromatic heterocycles. The van der Waals surface area contributed by atoms with Gasteiger partial charge in [-0.2, -0.15) is 9.97 Å². The van der Waals surface area contributed by atoms with Crippen molar-refractivity contribution in [3.05, 3.63) is 152 Å². The zero-order valence-corrected chi connectivity index (χ0v) is 27.0. The maximum absolute atomic E-state index is 6.68. The number of fused-ring (bicyclic) bond motifs is 10. The Kier molecular flexibility index (Phi) is 5.83. The minimum absolute atomic E-state index is 0.477. The van der Waals surface area contributed by atoms with Gasteiger partial charge in [-0.1, -0.05) is 115 Å². The molecule has 7 heteroatoms. The van der Waals surface area contributed by atoms with E-state index in [4.69, 9.17) is 28.8 Å². The summed E-state index contributed by atoms with van der Waals surface area (Å²) in [5.41, 5.74) is 7.48. The lowest BCUT2D eigenvalue weighted by atomic mass is 10.1. The van der Waals surface area contributed by atoms with Gasteiger partial charge in [0.2, 0.25) is 11.8 Å². The van der Waals surface area contributed by atoms with E-state index in [9.17, 15) is 0 Å². The van der Waals surface area contributed by atoms with E-state index in [1.165, 1.54) is 0 Å². The summed E-state index contributed by atoms with van der Waals surface area (Å²) in [6.45, 7) is 0. The van der Waals surface area contributed by atoms with Crippen LogP contribution in [-0.4, -0.2) is 24.5 Å². The van der Waals surface area contributed by atoms with E-state index in [0.29, 0.717) is 29.1 Å². The van der Waals surface area contributed by atoms with Gasteiger partial charge in [0.05, 0.1) is 5.52 Å². The zero-order valence-electron chi connectivity index (χ0n) is 27.0. The van der Waals surface area contributed by atoms with Crippen molar-refractivity contribution >= 4 is 65.6 Å². The molecule has 238 valence electrons. The first-order valence-electron chi connectivity index (χ1n) is 16.8. The molecule has 11 rings (SSSR count). The average Bonchev–Trinajstić information content (AvgIpc) is 3.90. The van der Waals surface area contributed by atoms with E-state index in [0.717, 1.165) is 76.7 Å². The topological polar surface area (TPSA) is 82.8 Å². The lowest BCUT2D eigenvalue weighted by Crippen LogP contribution is -2.07. The third-order valence-corrected chi connectivity index (χ3v) is 9.69. The van der Waals surface area contributed by atoms with Crippen LogP contribution in [0.3, 0.4) is 0 Å². The normalized spacial score (nSPS) is 11.9. The van der Waals surface area contributed by atoms with Crippen molar-refractivity contribution in [2.24, 2.45) is 0 Å². The van der Waals surface area contributed by atoms with Crippen LogP contribution in [-0.2, 0) is 0 Å². The molecule has 0 fully saturated rings. The van der Waals surface area contributed by atoms with Gasteiger partial charge in [0.1, 0.15) is 22.2 Å². The van der Waals surface area contributed by atoms with Gasteiger partial charge in [0, 0.05) is 43.6 Å². The van der Waals surface area contributed by atoms with E-state index >= 15 is 0 Å². The second-order valence-electron chi connectivity index (χ2n) is 12.6. The van der Waals surface area contributed by atoms with Crippen molar-refractivity contribution in [3.63, 3.8) is 0 Å². The molecule has 0 N–H and O–H groups in total. The van der Waals surface area contributed by atoms with Crippen molar-refractivity contribution in [1.29, 1.82) is 0 Å². The van der Waals surface area contributed by atoms with Gasteiger partial charge >= 0.3 is 0 Å². The molecule has 51 heavy (non-hydrogen) atoms. The number of oxazole rings is 1. The van der Waals surface area contributed by atoms with Gasteiger partial charge in [-0.15, -0.1) is 0 Å². The molecule has 0 aliphatic rings. The molecule has 0 saturated carbocycles. The number of nitrogens with zero attached hydrogens (tertiary/aromatic N) is 5. The highest BCUT2D eigenvalue weighted by molar-refractivity contribution is 6.22. The first-order valence-corrected chi connectivity index (χ1v) is 16.8. The molecular weight excluding hydrogens is 631 g/mol. The molecule has 0 aliphatic heterocycles. The minimum Gasteiger partial charge on any atom is -0.456 e. The van der Waals surface area contributed by atoms with E-state index in [2.05, 4.69) is 59.2 Å².